The van der Waals surface area contributed by atoms with Crippen LogP contribution >= 0.6 is 34.4 Å². The van der Waals surface area contributed by atoms with Crippen LogP contribution in [0.4, 0.5) is 4.79 Å². The Balaban J connectivity index is 1.90. The van der Waals surface area contributed by atoms with E-state index in [4.69, 9.17) is 4.74 Å². The maximum Gasteiger partial charge on any atom is 0.410 e. The predicted octanol–water partition coefficient (Wildman–Crippen LogP) is 4.78. The quantitative estimate of drug-likeness (QED) is 0.522. The van der Waals surface area contributed by atoms with E-state index in [0.717, 1.165) is 25.1 Å². The summed E-state index contributed by atoms with van der Waals surface area (Å²) in [6.45, 7) is 6.55. The summed E-state index contributed by atoms with van der Waals surface area (Å²) in [4.78, 5) is 15.4. The van der Waals surface area contributed by atoms with E-state index in [0.29, 0.717) is 0 Å². The zero-order chi connectivity index (χ0) is 15.5. The molecular formula is C16H22INO2S. The van der Waals surface area contributed by atoms with Gasteiger partial charge < -0.3 is 9.64 Å². The van der Waals surface area contributed by atoms with Crippen molar-refractivity contribution in [1.29, 1.82) is 0 Å². The summed E-state index contributed by atoms with van der Waals surface area (Å²) in [5, 5.41) is 0. The summed E-state index contributed by atoms with van der Waals surface area (Å²) < 4.78 is 6.74. The van der Waals surface area contributed by atoms with Crippen LogP contribution in [0.15, 0.2) is 29.2 Å². The van der Waals surface area contributed by atoms with Crippen molar-refractivity contribution < 1.29 is 9.53 Å². The summed E-state index contributed by atoms with van der Waals surface area (Å²) in [6.07, 6.45) is 1.96. The van der Waals surface area contributed by atoms with Gasteiger partial charge in [-0.25, -0.2) is 4.79 Å². The van der Waals surface area contributed by atoms with E-state index in [9.17, 15) is 4.79 Å². The topological polar surface area (TPSA) is 29.5 Å². The number of hydrogen-bond donors (Lipinski definition) is 0. The van der Waals surface area contributed by atoms with Crippen molar-refractivity contribution in [3.8, 4) is 0 Å². The van der Waals surface area contributed by atoms with Crippen LogP contribution in [-0.2, 0) is 4.74 Å². The van der Waals surface area contributed by atoms with E-state index in [2.05, 4.69) is 46.9 Å². The zero-order valence-corrected chi connectivity index (χ0v) is 15.7. The molecule has 0 bridgehead atoms. The van der Waals surface area contributed by atoms with E-state index >= 15 is 0 Å². The Kier molecular flexibility index (Phi) is 5.82. The Labute approximate surface area is 144 Å². The molecule has 0 aromatic heterocycles. The Bertz CT molecular complexity index is 484. The van der Waals surface area contributed by atoms with E-state index in [1.165, 1.54) is 8.47 Å². The fourth-order valence-electron chi connectivity index (χ4n) is 2.29. The average Bonchev–Trinajstić information content (AvgIpc) is 2.84. The van der Waals surface area contributed by atoms with Crippen molar-refractivity contribution >= 4 is 40.4 Å². The Morgan fingerprint density at radius 1 is 1.38 bits per heavy atom. The molecule has 0 saturated carbocycles. The van der Waals surface area contributed by atoms with Crippen LogP contribution < -0.4 is 0 Å². The molecule has 1 aliphatic rings. The number of carbonyl (C=O) groups excluding carboxylic acids is 1. The first-order valence-electron chi connectivity index (χ1n) is 7.23. The van der Waals surface area contributed by atoms with Crippen molar-refractivity contribution in [2.24, 2.45) is 0 Å². The molecule has 0 aliphatic carbocycles. The maximum atomic E-state index is 12.2. The summed E-state index contributed by atoms with van der Waals surface area (Å²) in [5.41, 5.74) is -0.423. The molecule has 1 saturated heterocycles. The molecule has 116 valence electrons. The number of benzene rings is 1. The van der Waals surface area contributed by atoms with Gasteiger partial charge in [0.05, 0.1) is 0 Å². The number of hydrogen-bond acceptors (Lipinski definition) is 3. The first kappa shape index (κ1) is 16.9. The molecular weight excluding hydrogens is 397 g/mol. The Morgan fingerprint density at radius 3 is 2.67 bits per heavy atom. The zero-order valence-electron chi connectivity index (χ0n) is 12.8. The second-order valence-corrected chi connectivity index (χ2v) is 8.57. The SMILES string of the molecule is CC(C)(C)OC(=O)N1CCCC1CSc1ccc(I)cc1. The van der Waals surface area contributed by atoms with Gasteiger partial charge >= 0.3 is 6.09 Å². The highest BCUT2D eigenvalue weighted by Gasteiger charge is 2.31. The van der Waals surface area contributed by atoms with Gasteiger partial charge in [0.15, 0.2) is 0 Å². The molecule has 1 aliphatic heterocycles. The summed E-state index contributed by atoms with van der Waals surface area (Å²) in [7, 11) is 0. The molecule has 1 aromatic rings. The van der Waals surface area contributed by atoms with Crippen molar-refractivity contribution in [3.63, 3.8) is 0 Å². The van der Waals surface area contributed by atoms with Crippen molar-refractivity contribution in [1.82, 2.24) is 4.90 Å². The van der Waals surface area contributed by atoms with Crippen molar-refractivity contribution in [2.45, 2.75) is 50.2 Å². The molecule has 0 spiro atoms. The number of likely N-dealkylation sites (tertiary alicyclic amines) is 1. The number of nitrogens with zero attached hydrogens (tertiary/aromatic N) is 1. The van der Waals surface area contributed by atoms with Crippen LogP contribution in [0.3, 0.4) is 0 Å². The number of ether oxygens (including phenoxy) is 1. The minimum absolute atomic E-state index is 0.173. The molecule has 21 heavy (non-hydrogen) atoms. The highest BCUT2D eigenvalue weighted by atomic mass is 127. The molecule has 1 unspecified atom stereocenters. The molecule has 1 amide bonds. The van der Waals surface area contributed by atoms with Gasteiger partial charge in [-0.3, -0.25) is 0 Å². The lowest BCUT2D eigenvalue weighted by Gasteiger charge is -2.28. The third-order valence-corrected chi connectivity index (χ3v) is 5.14. The van der Waals surface area contributed by atoms with Gasteiger partial charge in [0.1, 0.15) is 5.60 Å². The third kappa shape index (κ3) is 5.36. The second-order valence-electron chi connectivity index (χ2n) is 6.23. The van der Waals surface area contributed by atoms with Crippen LogP contribution in [-0.4, -0.2) is 34.9 Å². The number of carbonyl (C=O) groups is 1. The summed E-state index contributed by atoms with van der Waals surface area (Å²) in [5.74, 6) is 0.930. The number of halogens is 1. The fourth-order valence-corrected chi connectivity index (χ4v) is 3.71. The van der Waals surface area contributed by atoms with Crippen molar-refractivity contribution in [3.05, 3.63) is 27.8 Å². The maximum absolute atomic E-state index is 12.2. The number of rotatable bonds is 3. The average molecular weight is 419 g/mol. The minimum atomic E-state index is -0.423. The largest absolute Gasteiger partial charge is 0.444 e. The first-order valence-corrected chi connectivity index (χ1v) is 9.29. The van der Waals surface area contributed by atoms with Crippen LogP contribution in [0.25, 0.3) is 0 Å². The van der Waals surface area contributed by atoms with Gasteiger partial charge in [-0.15, -0.1) is 11.8 Å². The van der Waals surface area contributed by atoms with E-state index in [1.54, 1.807) is 0 Å². The monoisotopic (exact) mass is 419 g/mol. The molecule has 1 aromatic carbocycles. The lowest BCUT2D eigenvalue weighted by molar-refractivity contribution is 0.0242. The van der Waals surface area contributed by atoms with Crippen molar-refractivity contribution in [2.75, 3.05) is 12.3 Å². The predicted molar refractivity (Wildman–Crippen MR) is 95.8 cm³/mol. The molecule has 0 N–H and O–H groups in total. The molecule has 5 heteroatoms. The van der Waals surface area contributed by atoms with Crippen LogP contribution in [0.1, 0.15) is 33.6 Å². The Hall–Kier alpha value is -0.430. The smallest absolute Gasteiger partial charge is 0.410 e. The molecule has 1 heterocycles. The Morgan fingerprint density at radius 2 is 2.05 bits per heavy atom. The van der Waals surface area contributed by atoms with Gasteiger partial charge in [-0.05, 0) is 80.5 Å². The molecule has 1 atom stereocenters. The van der Waals surface area contributed by atoms with Gasteiger partial charge in [0, 0.05) is 26.8 Å². The molecule has 1 fully saturated rings. The fraction of sp³-hybridized carbons (Fsp3) is 0.562. The third-order valence-electron chi connectivity index (χ3n) is 3.26. The van der Waals surface area contributed by atoms with E-state index < -0.39 is 5.60 Å². The number of amides is 1. The highest BCUT2D eigenvalue weighted by molar-refractivity contribution is 14.1. The second kappa shape index (κ2) is 7.22. The van der Waals surface area contributed by atoms with E-state index in [1.807, 2.05) is 37.4 Å². The highest BCUT2D eigenvalue weighted by Crippen LogP contribution is 2.27. The molecule has 0 radical (unpaired) electrons. The van der Waals surface area contributed by atoms with Crippen LogP contribution in [0.2, 0.25) is 0 Å². The van der Waals surface area contributed by atoms with Crippen LogP contribution in [0.5, 0.6) is 0 Å². The summed E-state index contributed by atoms with van der Waals surface area (Å²) >= 11 is 4.12. The van der Waals surface area contributed by atoms with Gasteiger partial charge in [0.25, 0.3) is 0 Å². The van der Waals surface area contributed by atoms with Gasteiger partial charge in [-0.2, -0.15) is 0 Å². The summed E-state index contributed by atoms with van der Waals surface area (Å²) in [6, 6.07) is 8.79. The normalized spacial score (nSPS) is 18.9. The van der Waals surface area contributed by atoms with Gasteiger partial charge in [-0.1, -0.05) is 0 Å². The lowest BCUT2D eigenvalue weighted by atomic mass is 10.2. The van der Waals surface area contributed by atoms with Gasteiger partial charge in [0.2, 0.25) is 0 Å². The lowest BCUT2D eigenvalue weighted by Crippen LogP contribution is -2.40. The first-order chi connectivity index (χ1) is 9.85. The standard InChI is InChI=1S/C16H22INO2S/c1-16(2,3)20-15(19)18-10-4-5-13(18)11-21-14-8-6-12(17)7-9-14/h6-9,13H,4-5,10-11H2,1-3H3. The molecule has 2 rings (SSSR count). The van der Waals surface area contributed by atoms with E-state index in [-0.39, 0.29) is 12.1 Å². The molecule has 3 nitrogen and oxygen atoms in total. The number of thioether (sulfide) groups is 1. The minimum Gasteiger partial charge on any atom is -0.444 e. The van der Waals surface area contributed by atoms with Crippen LogP contribution in [0, 0.1) is 3.57 Å².